The van der Waals surface area contributed by atoms with Crippen LogP contribution in [-0.2, 0) is 0 Å². The Morgan fingerprint density at radius 1 is 1.04 bits per heavy atom. The van der Waals surface area contributed by atoms with Crippen LogP contribution < -0.4 is 5.32 Å². The van der Waals surface area contributed by atoms with Crippen LogP contribution in [0.15, 0.2) is 60.2 Å². The Bertz CT molecular complexity index is 829. The summed E-state index contributed by atoms with van der Waals surface area (Å²) in [5.74, 6) is 0. The lowest BCUT2D eigenvalue weighted by molar-refractivity contribution is 0.195. The highest BCUT2D eigenvalue weighted by atomic mass is 35.5. The van der Waals surface area contributed by atoms with Crippen molar-refractivity contribution in [1.82, 2.24) is 15.1 Å². The molecule has 1 aliphatic rings. The van der Waals surface area contributed by atoms with E-state index < -0.39 is 0 Å². The van der Waals surface area contributed by atoms with Gasteiger partial charge in [-0.1, -0.05) is 67.9 Å². The van der Waals surface area contributed by atoms with E-state index in [0.29, 0.717) is 5.02 Å². The lowest BCUT2D eigenvalue weighted by atomic mass is 9.89. The molecule has 0 unspecified atom stereocenters. The fourth-order valence-electron chi connectivity index (χ4n) is 3.78. The number of rotatable bonds is 7. The maximum atomic E-state index is 12.8. The molecule has 1 atom stereocenters. The molecule has 4 nitrogen and oxygen atoms in total. The van der Waals surface area contributed by atoms with Crippen molar-refractivity contribution in [2.75, 3.05) is 26.7 Å². The predicted molar refractivity (Wildman–Crippen MR) is 116 cm³/mol. The molecule has 5 heteroatoms. The summed E-state index contributed by atoms with van der Waals surface area (Å²) in [6.45, 7) is 7.34. The second-order valence-corrected chi connectivity index (χ2v) is 7.47. The van der Waals surface area contributed by atoms with Gasteiger partial charge in [-0.15, -0.1) is 0 Å². The zero-order valence-electron chi connectivity index (χ0n) is 16.8. The smallest absolute Gasteiger partial charge is 0.317 e. The van der Waals surface area contributed by atoms with Crippen LogP contribution in [0.2, 0.25) is 5.02 Å². The molecule has 1 N–H and O–H groups in total. The summed E-state index contributed by atoms with van der Waals surface area (Å²) >= 11 is 6.11. The van der Waals surface area contributed by atoms with Crippen LogP contribution in [0.1, 0.15) is 37.4 Å². The first-order valence-electron chi connectivity index (χ1n) is 9.85. The number of urea groups is 1. The number of nitrogens with zero attached hydrogens (tertiary/aromatic N) is 2. The lowest BCUT2D eigenvalue weighted by Gasteiger charge is -2.38. The molecule has 1 aliphatic heterocycles. The molecule has 0 fully saturated rings. The average Bonchev–Trinajstić information content (AvgIpc) is 2.72. The first-order chi connectivity index (χ1) is 13.5. The van der Waals surface area contributed by atoms with Gasteiger partial charge in [0.2, 0.25) is 0 Å². The molecule has 148 valence electrons. The topological polar surface area (TPSA) is 35.6 Å². The van der Waals surface area contributed by atoms with Crippen LogP contribution in [0.5, 0.6) is 0 Å². The first kappa shape index (κ1) is 20.4. The highest BCUT2D eigenvalue weighted by Gasteiger charge is 2.33. The van der Waals surface area contributed by atoms with Gasteiger partial charge in [0.15, 0.2) is 0 Å². The average molecular weight is 398 g/mol. The van der Waals surface area contributed by atoms with Gasteiger partial charge < -0.3 is 15.1 Å². The Balaban J connectivity index is 2.09. The molecule has 0 saturated carbocycles. The number of benzene rings is 2. The number of halogens is 1. The predicted octanol–water partition coefficient (Wildman–Crippen LogP) is 5.18. The van der Waals surface area contributed by atoms with Gasteiger partial charge in [0.25, 0.3) is 0 Å². The Kier molecular flexibility index (Phi) is 6.76. The number of amides is 2. The minimum absolute atomic E-state index is 0.0922. The van der Waals surface area contributed by atoms with E-state index in [-0.39, 0.29) is 12.1 Å². The van der Waals surface area contributed by atoms with Crippen molar-refractivity contribution in [3.05, 3.63) is 76.3 Å². The van der Waals surface area contributed by atoms with E-state index in [0.717, 1.165) is 42.9 Å². The van der Waals surface area contributed by atoms with Gasteiger partial charge in [0.05, 0.1) is 11.7 Å². The van der Waals surface area contributed by atoms with E-state index in [2.05, 4.69) is 36.2 Å². The second kappa shape index (κ2) is 9.26. The van der Waals surface area contributed by atoms with E-state index in [1.165, 1.54) is 5.57 Å². The van der Waals surface area contributed by atoms with Gasteiger partial charge in [-0.3, -0.25) is 0 Å². The van der Waals surface area contributed by atoms with E-state index in [1.54, 1.807) is 4.90 Å². The van der Waals surface area contributed by atoms with Gasteiger partial charge in [-0.2, -0.15) is 0 Å². The van der Waals surface area contributed by atoms with Crippen molar-refractivity contribution >= 4 is 23.3 Å². The number of nitrogens with one attached hydrogen (secondary N) is 1. The number of likely N-dealkylation sites (N-methyl/N-ethyl adjacent to an activating group) is 1. The van der Waals surface area contributed by atoms with Gasteiger partial charge >= 0.3 is 6.03 Å². The summed E-state index contributed by atoms with van der Waals surface area (Å²) in [4.78, 5) is 17.0. The van der Waals surface area contributed by atoms with Crippen LogP contribution in [-0.4, -0.2) is 42.5 Å². The van der Waals surface area contributed by atoms with Gasteiger partial charge in [0.1, 0.15) is 0 Å². The van der Waals surface area contributed by atoms with Crippen LogP contribution in [0.25, 0.3) is 5.70 Å². The molecule has 2 aromatic rings. The minimum atomic E-state index is -0.114. The highest BCUT2D eigenvalue weighted by molar-refractivity contribution is 6.30. The van der Waals surface area contributed by atoms with Crippen molar-refractivity contribution in [1.29, 1.82) is 0 Å². The summed E-state index contributed by atoms with van der Waals surface area (Å²) < 4.78 is 0. The van der Waals surface area contributed by atoms with Gasteiger partial charge in [-0.25, -0.2) is 4.79 Å². The third-order valence-electron chi connectivity index (χ3n) is 5.43. The SMILES string of the molecule is CCN(CC)CCC1=C(c2ccccc2)NC(=O)N(C)[C@H]1c1ccc(Cl)cc1. The molecule has 0 spiro atoms. The molecule has 3 rings (SSSR count). The molecule has 0 aromatic heterocycles. The Labute approximate surface area is 172 Å². The summed E-state index contributed by atoms with van der Waals surface area (Å²) in [6, 6.07) is 17.7. The molecule has 0 aliphatic carbocycles. The molecule has 0 saturated heterocycles. The third-order valence-corrected chi connectivity index (χ3v) is 5.68. The van der Waals surface area contributed by atoms with E-state index >= 15 is 0 Å². The zero-order chi connectivity index (χ0) is 20.1. The van der Waals surface area contributed by atoms with Crippen molar-refractivity contribution < 1.29 is 4.79 Å². The standard InChI is InChI=1S/C23H28ClN3O/c1-4-27(5-2)16-15-20-21(17-9-7-6-8-10-17)25-23(28)26(3)22(20)18-11-13-19(24)14-12-18/h6-14,22H,4-5,15-16H2,1-3H3,(H,25,28)/t22-/m0/s1. The van der Waals surface area contributed by atoms with Crippen LogP contribution in [0.3, 0.4) is 0 Å². The van der Waals surface area contributed by atoms with Gasteiger partial charge in [0, 0.05) is 18.6 Å². The summed E-state index contributed by atoms with van der Waals surface area (Å²) in [5.41, 5.74) is 4.26. The number of hydrogen-bond donors (Lipinski definition) is 1. The Hall–Kier alpha value is -2.30. The molecular formula is C23H28ClN3O. The molecule has 0 bridgehead atoms. The summed E-state index contributed by atoms with van der Waals surface area (Å²) in [5, 5.41) is 3.82. The van der Waals surface area contributed by atoms with Crippen LogP contribution >= 0.6 is 11.6 Å². The Morgan fingerprint density at radius 3 is 2.29 bits per heavy atom. The molecule has 1 heterocycles. The summed E-state index contributed by atoms with van der Waals surface area (Å²) in [6.07, 6.45) is 0.879. The normalized spacial score (nSPS) is 17.2. The molecule has 2 aromatic carbocycles. The number of carbonyl (C=O) groups is 1. The van der Waals surface area contributed by atoms with Gasteiger partial charge in [-0.05, 0) is 48.3 Å². The maximum absolute atomic E-state index is 12.8. The third kappa shape index (κ3) is 4.40. The monoisotopic (exact) mass is 397 g/mol. The number of carbonyl (C=O) groups excluding carboxylic acids is 1. The van der Waals surface area contributed by atoms with Crippen molar-refractivity contribution in [2.24, 2.45) is 0 Å². The molecular weight excluding hydrogens is 370 g/mol. The zero-order valence-corrected chi connectivity index (χ0v) is 17.5. The largest absolute Gasteiger partial charge is 0.322 e. The molecule has 0 radical (unpaired) electrons. The van der Waals surface area contributed by atoms with Crippen molar-refractivity contribution in [3.63, 3.8) is 0 Å². The second-order valence-electron chi connectivity index (χ2n) is 7.04. The van der Waals surface area contributed by atoms with E-state index in [1.807, 2.05) is 49.5 Å². The quantitative estimate of drug-likeness (QED) is 0.698. The Morgan fingerprint density at radius 2 is 1.68 bits per heavy atom. The highest BCUT2D eigenvalue weighted by Crippen LogP contribution is 2.38. The molecule has 2 amide bonds. The molecule has 28 heavy (non-hydrogen) atoms. The van der Waals surface area contributed by atoms with Crippen molar-refractivity contribution in [3.8, 4) is 0 Å². The van der Waals surface area contributed by atoms with Crippen molar-refractivity contribution in [2.45, 2.75) is 26.3 Å². The van der Waals surface area contributed by atoms with E-state index in [9.17, 15) is 4.79 Å². The minimum Gasteiger partial charge on any atom is -0.317 e. The van der Waals surface area contributed by atoms with Crippen LogP contribution in [0, 0.1) is 0 Å². The lowest BCUT2D eigenvalue weighted by Crippen LogP contribution is -2.45. The van der Waals surface area contributed by atoms with Crippen LogP contribution in [0.4, 0.5) is 4.79 Å². The fraction of sp³-hybridized carbons (Fsp3) is 0.348. The number of hydrogen-bond acceptors (Lipinski definition) is 2. The van der Waals surface area contributed by atoms with E-state index in [4.69, 9.17) is 11.6 Å². The maximum Gasteiger partial charge on any atom is 0.322 e. The first-order valence-corrected chi connectivity index (χ1v) is 10.2. The fourth-order valence-corrected chi connectivity index (χ4v) is 3.90. The summed E-state index contributed by atoms with van der Waals surface area (Å²) in [7, 11) is 1.85.